The van der Waals surface area contributed by atoms with E-state index in [2.05, 4.69) is 32.2 Å². The van der Waals surface area contributed by atoms with Crippen LogP contribution in [0.2, 0.25) is 0 Å². The van der Waals surface area contributed by atoms with Crippen molar-refractivity contribution in [1.29, 1.82) is 0 Å². The number of carbonyl (C=O) groups is 1. The lowest BCUT2D eigenvalue weighted by molar-refractivity contribution is -0.127. The second-order valence-electron chi connectivity index (χ2n) is 6.58. The van der Waals surface area contributed by atoms with Gasteiger partial charge in [0.25, 0.3) is 5.22 Å². The molecule has 2 aromatic rings. The SMILES string of the molecule is O=C(CSc1nnc(-c2ccccc2Br)o1)N(C1=CCCCC1)C1CC1. The Morgan fingerprint density at radius 3 is 2.85 bits per heavy atom. The van der Waals surface area contributed by atoms with E-state index in [1.165, 1.54) is 30.3 Å². The normalized spacial score (nSPS) is 17.0. The van der Waals surface area contributed by atoms with Crippen molar-refractivity contribution >= 4 is 33.6 Å². The van der Waals surface area contributed by atoms with E-state index in [9.17, 15) is 4.79 Å². The van der Waals surface area contributed by atoms with Crippen LogP contribution in [0.1, 0.15) is 38.5 Å². The van der Waals surface area contributed by atoms with E-state index in [4.69, 9.17) is 4.42 Å². The first-order valence-electron chi connectivity index (χ1n) is 8.94. The van der Waals surface area contributed by atoms with Gasteiger partial charge in [-0.2, -0.15) is 0 Å². The number of hydrogen-bond acceptors (Lipinski definition) is 5. The van der Waals surface area contributed by atoms with Gasteiger partial charge in [-0.05, 0) is 66.6 Å². The fraction of sp³-hybridized carbons (Fsp3) is 0.421. The number of halogens is 1. The third-order valence-electron chi connectivity index (χ3n) is 4.59. The molecule has 0 unspecified atom stereocenters. The third kappa shape index (κ3) is 4.04. The summed E-state index contributed by atoms with van der Waals surface area (Å²) in [7, 11) is 0. The van der Waals surface area contributed by atoms with Crippen molar-refractivity contribution in [2.45, 2.75) is 49.8 Å². The van der Waals surface area contributed by atoms with Gasteiger partial charge in [0.05, 0.1) is 11.3 Å². The van der Waals surface area contributed by atoms with E-state index >= 15 is 0 Å². The van der Waals surface area contributed by atoms with Gasteiger partial charge in [0.1, 0.15) is 0 Å². The number of nitrogens with zero attached hydrogens (tertiary/aromatic N) is 3. The van der Waals surface area contributed by atoms with E-state index in [0.717, 1.165) is 35.7 Å². The summed E-state index contributed by atoms with van der Waals surface area (Å²) in [4.78, 5) is 14.8. The molecule has 7 heteroatoms. The summed E-state index contributed by atoms with van der Waals surface area (Å²) < 4.78 is 6.63. The lowest BCUT2D eigenvalue weighted by atomic mass is 10.0. The van der Waals surface area contributed by atoms with E-state index in [1.807, 2.05) is 29.2 Å². The molecular formula is C19H20BrN3O2S. The molecule has 1 aromatic heterocycles. The van der Waals surface area contributed by atoms with Crippen LogP contribution in [0.4, 0.5) is 0 Å². The van der Waals surface area contributed by atoms with Crippen molar-refractivity contribution in [3.8, 4) is 11.5 Å². The van der Waals surface area contributed by atoms with Crippen molar-refractivity contribution < 1.29 is 9.21 Å². The van der Waals surface area contributed by atoms with Crippen LogP contribution in [0, 0.1) is 0 Å². The van der Waals surface area contributed by atoms with Crippen molar-refractivity contribution in [3.05, 3.63) is 40.5 Å². The third-order valence-corrected chi connectivity index (χ3v) is 6.08. The van der Waals surface area contributed by atoms with Crippen molar-refractivity contribution in [2.24, 2.45) is 0 Å². The minimum absolute atomic E-state index is 0.145. The molecule has 136 valence electrons. The van der Waals surface area contributed by atoms with Crippen LogP contribution in [0.3, 0.4) is 0 Å². The number of hydrogen-bond donors (Lipinski definition) is 0. The van der Waals surface area contributed by atoms with Gasteiger partial charge in [-0.25, -0.2) is 0 Å². The molecule has 1 heterocycles. The molecule has 0 aliphatic heterocycles. The highest BCUT2D eigenvalue weighted by Gasteiger charge is 2.35. The number of carbonyl (C=O) groups excluding carboxylic acids is 1. The molecule has 0 spiro atoms. The number of rotatable bonds is 6. The molecule has 1 saturated carbocycles. The van der Waals surface area contributed by atoms with Gasteiger partial charge in [0.2, 0.25) is 11.8 Å². The van der Waals surface area contributed by atoms with Gasteiger partial charge < -0.3 is 9.32 Å². The maximum atomic E-state index is 12.8. The number of thioether (sulfide) groups is 1. The zero-order chi connectivity index (χ0) is 17.9. The number of aromatic nitrogens is 2. The molecule has 0 atom stereocenters. The predicted octanol–water partition coefficient (Wildman–Crippen LogP) is 5.04. The number of amides is 1. The average molecular weight is 434 g/mol. The number of benzene rings is 1. The largest absolute Gasteiger partial charge is 0.411 e. The fourth-order valence-corrected chi connectivity index (χ4v) is 4.25. The highest BCUT2D eigenvalue weighted by atomic mass is 79.9. The molecule has 26 heavy (non-hydrogen) atoms. The van der Waals surface area contributed by atoms with Crippen molar-refractivity contribution in [3.63, 3.8) is 0 Å². The maximum absolute atomic E-state index is 12.8. The fourth-order valence-electron chi connectivity index (χ4n) is 3.18. The van der Waals surface area contributed by atoms with Crippen molar-refractivity contribution in [2.75, 3.05) is 5.75 Å². The van der Waals surface area contributed by atoms with E-state index in [-0.39, 0.29) is 5.91 Å². The maximum Gasteiger partial charge on any atom is 0.277 e. The Balaban J connectivity index is 1.41. The molecule has 5 nitrogen and oxygen atoms in total. The summed E-state index contributed by atoms with van der Waals surface area (Å²) in [6, 6.07) is 8.10. The molecule has 2 aliphatic rings. The number of allylic oxidation sites excluding steroid dienone is 2. The second-order valence-corrected chi connectivity index (χ2v) is 8.36. The predicted molar refractivity (Wildman–Crippen MR) is 105 cm³/mol. The first-order chi connectivity index (χ1) is 12.7. The summed E-state index contributed by atoms with van der Waals surface area (Å²) in [5.74, 6) is 0.929. The molecule has 2 aliphatic carbocycles. The molecule has 0 radical (unpaired) electrons. The van der Waals surface area contributed by atoms with E-state index in [0.29, 0.717) is 22.9 Å². The Bertz CT molecular complexity index is 832. The highest BCUT2D eigenvalue weighted by molar-refractivity contribution is 9.10. The quantitative estimate of drug-likeness (QED) is 0.597. The Kier molecular flexibility index (Phi) is 5.45. The van der Waals surface area contributed by atoms with Crippen LogP contribution < -0.4 is 0 Å². The summed E-state index contributed by atoms with van der Waals surface area (Å²) >= 11 is 4.80. The lowest BCUT2D eigenvalue weighted by Crippen LogP contribution is -2.34. The molecule has 1 amide bonds. The van der Waals surface area contributed by atoms with Gasteiger partial charge in [-0.1, -0.05) is 30.0 Å². The van der Waals surface area contributed by atoms with Crippen LogP contribution in [-0.2, 0) is 4.79 Å². The molecular weight excluding hydrogens is 414 g/mol. The second kappa shape index (κ2) is 7.96. The smallest absolute Gasteiger partial charge is 0.277 e. The van der Waals surface area contributed by atoms with Crippen LogP contribution in [0.5, 0.6) is 0 Å². The van der Waals surface area contributed by atoms with Gasteiger partial charge in [0.15, 0.2) is 0 Å². The van der Waals surface area contributed by atoms with Crippen LogP contribution in [0.15, 0.2) is 50.2 Å². The standard InChI is InChI=1S/C19H20BrN3O2S/c20-16-9-5-4-8-15(16)18-21-22-19(25-18)26-12-17(24)23(14-10-11-14)13-6-2-1-3-7-13/h4-6,8-9,14H,1-3,7,10-12H2. The Labute approximate surface area is 165 Å². The lowest BCUT2D eigenvalue weighted by Gasteiger charge is -2.27. The summed E-state index contributed by atoms with van der Waals surface area (Å²) in [6.45, 7) is 0. The Morgan fingerprint density at radius 2 is 2.12 bits per heavy atom. The zero-order valence-electron chi connectivity index (χ0n) is 14.4. The van der Waals surface area contributed by atoms with Gasteiger partial charge in [-0.15, -0.1) is 10.2 Å². The topological polar surface area (TPSA) is 59.2 Å². The van der Waals surface area contributed by atoms with Crippen molar-refractivity contribution in [1.82, 2.24) is 15.1 Å². The van der Waals surface area contributed by atoms with E-state index < -0.39 is 0 Å². The Hall–Kier alpha value is -1.60. The van der Waals surface area contributed by atoms with Crippen LogP contribution in [-0.4, -0.2) is 32.8 Å². The first-order valence-corrected chi connectivity index (χ1v) is 10.7. The summed E-state index contributed by atoms with van der Waals surface area (Å²) in [5.41, 5.74) is 2.06. The minimum Gasteiger partial charge on any atom is -0.411 e. The minimum atomic E-state index is 0.145. The summed E-state index contributed by atoms with van der Waals surface area (Å²) in [5, 5.41) is 8.61. The molecule has 4 rings (SSSR count). The molecule has 0 bridgehead atoms. The molecule has 1 fully saturated rings. The summed E-state index contributed by atoms with van der Waals surface area (Å²) in [6.07, 6.45) is 8.96. The highest BCUT2D eigenvalue weighted by Crippen LogP contribution is 2.35. The molecule has 0 N–H and O–H groups in total. The van der Waals surface area contributed by atoms with Gasteiger partial charge in [-0.3, -0.25) is 4.79 Å². The molecule has 1 aromatic carbocycles. The van der Waals surface area contributed by atoms with Crippen LogP contribution >= 0.6 is 27.7 Å². The Morgan fingerprint density at radius 1 is 1.27 bits per heavy atom. The average Bonchev–Trinajstić information content (AvgIpc) is 3.38. The van der Waals surface area contributed by atoms with E-state index in [1.54, 1.807) is 0 Å². The molecule has 0 saturated heterocycles. The van der Waals surface area contributed by atoms with Gasteiger partial charge in [0, 0.05) is 16.2 Å². The zero-order valence-corrected chi connectivity index (χ0v) is 16.8. The monoisotopic (exact) mass is 433 g/mol. The first kappa shape index (κ1) is 17.8. The van der Waals surface area contributed by atoms with Crippen LogP contribution in [0.25, 0.3) is 11.5 Å². The van der Waals surface area contributed by atoms with Gasteiger partial charge >= 0.3 is 0 Å².